The first-order valence-corrected chi connectivity index (χ1v) is 7.71. The molecule has 5 nitrogen and oxygen atoms in total. The molecule has 6 heteroatoms. The van der Waals surface area contributed by atoms with E-state index in [1.165, 1.54) is 11.8 Å². The van der Waals surface area contributed by atoms with Gasteiger partial charge in [-0.1, -0.05) is 17.7 Å². The molecule has 0 N–H and O–H groups in total. The maximum absolute atomic E-state index is 14.1. The summed E-state index contributed by atoms with van der Waals surface area (Å²) in [5, 5.41) is 0. The van der Waals surface area contributed by atoms with E-state index in [1.54, 1.807) is 4.90 Å². The molecule has 1 atom stereocenters. The first-order valence-electron chi connectivity index (χ1n) is 7.71. The van der Waals surface area contributed by atoms with Crippen molar-refractivity contribution < 1.29 is 9.13 Å². The largest absolute Gasteiger partial charge is 0.489 e. The van der Waals surface area contributed by atoms with Crippen LogP contribution < -0.4 is 14.5 Å². The highest BCUT2D eigenvalue weighted by atomic mass is 19.1. The molecule has 1 saturated heterocycles. The molecule has 1 aliphatic heterocycles. The van der Waals surface area contributed by atoms with Crippen LogP contribution in [-0.4, -0.2) is 43.3 Å². The Bertz CT molecular complexity index is 675. The average molecular weight is 316 g/mol. The van der Waals surface area contributed by atoms with Crippen LogP contribution >= 0.6 is 0 Å². The normalized spacial score (nSPS) is 17.4. The Morgan fingerprint density at radius 1 is 1.26 bits per heavy atom. The molecule has 122 valence electrons. The van der Waals surface area contributed by atoms with Gasteiger partial charge in [-0.05, 0) is 19.1 Å². The van der Waals surface area contributed by atoms with Gasteiger partial charge in [0.2, 0.25) is 5.95 Å². The van der Waals surface area contributed by atoms with Crippen LogP contribution in [0.4, 0.5) is 16.2 Å². The topological polar surface area (TPSA) is 41.5 Å². The minimum absolute atomic E-state index is 0.0369. The van der Waals surface area contributed by atoms with E-state index in [4.69, 9.17) is 4.74 Å². The summed E-state index contributed by atoms with van der Waals surface area (Å²) in [6.45, 7) is 3.38. The Morgan fingerprint density at radius 3 is 2.70 bits per heavy atom. The van der Waals surface area contributed by atoms with Gasteiger partial charge in [-0.15, -0.1) is 0 Å². The lowest BCUT2D eigenvalue weighted by atomic mass is 10.2. The highest BCUT2D eigenvalue weighted by Crippen LogP contribution is 2.25. The number of ether oxygens (including phenoxy) is 1. The highest BCUT2D eigenvalue weighted by Gasteiger charge is 2.27. The zero-order valence-corrected chi connectivity index (χ0v) is 13.7. The fraction of sp³-hybridized carbons (Fsp3) is 0.412. The van der Waals surface area contributed by atoms with Gasteiger partial charge >= 0.3 is 0 Å². The first-order chi connectivity index (χ1) is 11.0. The number of nitrogens with zero attached hydrogens (tertiary/aromatic N) is 4. The maximum atomic E-state index is 14.1. The molecule has 2 heterocycles. The van der Waals surface area contributed by atoms with Crippen molar-refractivity contribution in [2.45, 2.75) is 19.4 Å². The van der Waals surface area contributed by atoms with Crippen molar-refractivity contribution in [1.29, 1.82) is 0 Å². The molecular weight excluding hydrogens is 295 g/mol. The number of hydrogen-bond acceptors (Lipinski definition) is 5. The predicted octanol–water partition coefficient (Wildman–Crippen LogP) is 2.65. The molecule has 0 amide bonds. The number of benzene rings is 1. The van der Waals surface area contributed by atoms with Crippen molar-refractivity contribution in [2.24, 2.45) is 0 Å². The van der Waals surface area contributed by atoms with Crippen LogP contribution in [0, 0.1) is 12.7 Å². The minimum Gasteiger partial charge on any atom is -0.489 e. The second-order valence-corrected chi connectivity index (χ2v) is 6.02. The quantitative estimate of drug-likeness (QED) is 0.867. The average Bonchev–Trinajstić information content (AvgIpc) is 2.98. The number of halogens is 1. The Balaban J connectivity index is 1.70. The van der Waals surface area contributed by atoms with E-state index >= 15 is 0 Å². The van der Waals surface area contributed by atoms with Crippen molar-refractivity contribution in [3.05, 3.63) is 41.8 Å². The predicted molar refractivity (Wildman–Crippen MR) is 88.7 cm³/mol. The summed E-state index contributed by atoms with van der Waals surface area (Å²) in [5.74, 6) is 1.30. The van der Waals surface area contributed by atoms with Crippen LogP contribution in [0.1, 0.15) is 12.0 Å². The van der Waals surface area contributed by atoms with Gasteiger partial charge in [-0.25, -0.2) is 9.37 Å². The SMILES string of the molecule is Cc1ccc(O[C@@H]2CCN(c3nc(N(C)C)ncc3F)C2)cc1. The monoisotopic (exact) mass is 316 g/mol. The third-order valence-corrected chi connectivity index (χ3v) is 3.88. The van der Waals surface area contributed by atoms with Crippen LogP contribution in [0.25, 0.3) is 0 Å². The van der Waals surface area contributed by atoms with Gasteiger partial charge in [-0.3, -0.25) is 0 Å². The molecule has 0 bridgehead atoms. The zero-order chi connectivity index (χ0) is 16.4. The molecular formula is C17H21FN4O. The van der Waals surface area contributed by atoms with Gasteiger partial charge in [0.1, 0.15) is 11.9 Å². The Labute approximate surface area is 135 Å². The van der Waals surface area contributed by atoms with E-state index in [2.05, 4.69) is 9.97 Å². The van der Waals surface area contributed by atoms with E-state index in [-0.39, 0.29) is 6.10 Å². The van der Waals surface area contributed by atoms with E-state index in [1.807, 2.05) is 50.2 Å². The number of rotatable bonds is 4. The number of anilines is 2. The van der Waals surface area contributed by atoms with Crippen LogP contribution in [-0.2, 0) is 0 Å². The zero-order valence-electron chi connectivity index (χ0n) is 13.7. The summed E-state index contributed by atoms with van der Waals surface area (Å²) in [6, 6.07) is 7.98. The maximum Gasteiger partial charge on any atom is 0.226 e. The molecule has 1 fully saturated rings. The van der Waals surface area contributed by atoms with Crippen molar-refractivity contribution in [2.75, 3.05) is 37.0 Å². The van der Waals surface area contributed by atoms with Gasteiger partial charge in [0.15, 0.2) is 11.6 Å². The number of aryl methyl sites for hydroxylation is 1. The van der Waals surface area contributed by atoms with Crippen molar-refractivity contribution in [3.8, 4) is 5.75 Å². The highest BCUT2D eigenvalue weighted by molar-refractivity contribution is 5.45. The molecule has 0 unspecified atom stereocenters. The smallest absolute Gasteiger partial charge is 0.226 e. The second-order valence-electron chi connectivity index (χ2n) is 6.02. The third kappa shape index (κ3) is 3.52. The molecule has 3 rings (SSSR count). The van der Waals surface area contributed by atoms with Gasteiger partial charge < -0.3 is 14.5 Å². The number of aromatic nitrogens is 2. The molecule has 0 aliphatic carbocycles. The van der Waals surface area contributed by atoms with E-state index < -0.39 is 5.82 Å². The van der Waals surface area contributed by atoms with Gasteiger partial charge in [0.05, 0.1) is 12.7 Å². The summed E-state index contributed by atoms with van der Waals surface area (Å²) in [5.41, 5.74) is 1.20. The summed E-state index contributed by atoms with van der Waals surface area (Å²) >= 11 is 0. The van der Waals surface area contributed by atoms with E-state index in [0.29, 0.717) is 18.3 Å². The molecule has 0 radical (unpaired) electrons. The molecule has 2 aromatic rings. The molecule has 1 aliphatic rings. The molecule has 23 heavy (non-hydrogen) atoms. The van der Waals surface area contributed by atoms with Gasteiger partial charge in [0.25, 0.3) is 0 Å². The lowest BCUT2D eigenvalue weighted by molar-refractivity contribution is 0.225. The van der Waals surface area contributed by atoms with Gasteiger partial charge in [0, 0.05) is 27.1 Å². The fourth-order valence-corrected chi connectivity index (χ4v) is 2.61. The fourth-order valence-electron chi connectivity index (χ4n) is 2.61. The summed E-state index contributed by atoms with van der Waals surface area (Å²) < 4.78 is 20.0. The molecule has 0 spiro atoms. The first kappa shape index (κ1) is 15.5. The standard InChI is InChI=1S/C17H21FN4O/c1-12-4-6-13(7-5-12)23-14-8-9-22(11-14)16-15(18)10-19-17(20-16)21(2)3/h4-7,10,14H,8-9,11H2,1-3H3/t14-/m1/s1. The van der Waals surface area contributed by atoms with Crippen molar-refractivity contribution in [1.82, 2.24) is 9.97 Å². The van der Waals surface area contributed by atoms with Crippen LogP contribution in [0.15, 0.2) is 30.5 Å². The third-order valence-electron chi connectivity index (χ3n) is 3.88. The van der Waals surface area contributed by atoms with E-state index in [9.17, 15) is 4.39 Å². The molecule has 1 aromatic heterocycles. The van der Waals surface area contributed by atoms with Crippen LogP contribution in [0.2, 0.25) is 0 Å². The van der Waals surface area contributed by atoms with Gasteiger partial charge in [-0.2, -0.15) is 4.98 Å². The number of hydrogen-bond donors (Lipinski definition) is 0. The van der Waals surface area contributed by atoms with Crippen molar-refractivity contribution >= 4 is 11.8 Å². The lowest BCUT2D eigenvalue weighted by Gasteiger charge is -2.20. The second kappa shape index (κ2) is 6.40. The lowest BCUT2D eigenvalue weighted by Crippen LogP contribution is -2.27. The molecule has 0 saturated carbocycles. The Kier molecular flexibility index (Phi) is 4.32. The summed E-state index contributed by atoms with van der Waals surface area (Å²) in [7, 11) is 3.68. The van der Waals surface area contributed by atoms with Crippen LogP contribution in [0.3, 0.4) is 0 Å². The minimum atomic E-state index is -0.397. The Morgan fingerprint density at radius 2 is 2.00 bits per heavy atom. The van der Waals surface area contributed by atoms with Crippen molar-refractivity contribution in [3.63, 3.8) is 0 Å². The molecule has 1 aromatic carbocycles. The summed E-state index contributed by atoms with van der Waals surface area (Å²) in [4.78, 5) is 12.0. The Hall–Kier alpha value is -2.37. The van der Waals surface area contributed by atoms with Crippen LogP contribution in [0.5, 0.6) is 5.75 Å². The summed E-state index contributed by atoms with van der Waals surface area (Å²) in [6.07, 6.45) is 2.11. The van der Waals surface area contributed by atoms with E-state index in [0.717, 1.165) is 18.7 Å².